The zero-order valence-corrected chi connectivity index (χ0v) is 19.6. The van der Waals surface area contributed by atoms with Gasteiger partial charge >= 0.3 is 0 Å². The van der Waals surface area contributed by atoms with Gasteiger partial charge in [-0.15, -0.1) is 0 Å². The molecular weight excluding hydrogens is 474 g/mol. The second kappa shape index (κ2) is 9.31. The molecule has 1 aromatic heterocycles. The van der Waals surface area contributed by atoms with Crippen molar-refractivity contribution in [3.8, 4) is 0 Å². The molecule has 4 amide bonds. The van der Waals surface area contributed by atoms with Gasteiger partial charge in [0.1, 0.15) is 12.4 Å². The Bertz CT molecular complexity index is 1210. The molecule has 2 aromatic rings. The fourth-order valence-electron chi connectivity index (χ4n) is 5.00. The molecule has 1 aliphatic carbocycles. The zero-order chi connectivity index (χ0) is 24.7. The van der Waals surface area contributed by atoms with Crippen LogP contribution in [0.5, 0.6) is 0 Å². The number of piperidine rings is 1. The molecule has 1 aromatic carbocycles. The lowest BCUT2D eigenvalue weighted by Gasteiger charge is -2.36. The van der Waals surface area contributed by atoms with Crippen molar-refractivity contribution in [3.05, 3.63) is 46.5 Å². The van der Waals surface area contributed by atoms with Gasteiger partial charge in [0.25, 0.3) is 11.8 Å². The molecule has 2 aliphatic heterocycles. The van der Waals surface area contributed by atoms with Crippen LogP contribution < -0.4 is 16.0 Å². The number of fused-ring (bicyclic) bond motifs is 1. The van der Waals surface area contributed by atoms with Crippen LogP contribution in [-0.4, -0.2) is 61.6 Å². The Morgan fingerprint density at radius 3 is 2.49 bits per heavy atom. The molecule has 0 bridgehead atoms. The fourth-order valence-corrected chi connectivity index (χ4v) is 5.12. The highest BCUT2D eigenvalue weighted by Gasteiger charge is 2.44. The van der Waals surface area contributed by atoms with E-state index in [0.29, 0.717) is 12.5 Å². The molecule has 12 heteroatoms. The quantitative estimate of drug-likeness (QED) is 0.580. The molecule has 1 atom stereocenters. The minimum Gasteiger partial charge on any atom is -0.333 e. The molecule has 182 valence electrons. The Labute approximate surface area is 206 Å². The van der Waals surface area contributed by atoms with E-state index in [0.717, 1.165) is 36.1 Å². The normalized spacial score (nSPS) is 24.4. The number of hydrogen-bond donors (Lipinski definition) is 2. The number of nitrogens with one attached hydrogen (secondary N) is 1. The van der Waals surface area contributed by atoms with Crippen LogP contribution in [0.3, 0.4) is 0 Å². The minimum absolute atomic E-state index is 0.0730. The number of rotatable bonds is 5. The van der Waals surface area contributed by atoms with Crippen LogP contribution in [0.15, 0.2) is 24.5 Å². The Hall–Kier alpha value is -3.44. The average molecular weight is 498 g/mol. The van der Waals surface area contributed by atoms with Gasteiger partial charge in [-0.2, -0.15) is 4.98 Å². The van der Waals surface area contributed by atoms with E-state index in [1.807, 2.05) is 4.90 Å². The highest BCUT2D eigenvalue weighted by Crippen LogP contribution is 2.31. The lowest BCUT2D eigenvalue weighted by atomic mass is 9.90. The van der Waals surface area contributed by atoms with Crippen molar-refractivity contribution in [1.82, 2.24) is 25.2 Å². The number of nitrogens with zero attached hydrogens (tertiary/aromatic N) is 5. The first kappa shape index (κ1) is 23.3. The summed E-state index contributed by atoms with van der Waals surface area (Å²) in [5, 5.41) is 2.29. The van der Waals surface area contributed by atoms with Crippen molar-refractivity contribution in [3.63, 3.8) is 0 Å². The second-order valence-corrected chi connectivity index (χ2v) is 9.42. The number of imide groups is 2. The van der Waals surface area contributed by atoms with Crippen molar-refractivity contribution >= 4 is 41.2 Å². The molecule has 2 fully saturated rings. The Morgan fingerprint density at radius 1 is 1.03 bits per heavy atom. The molecule has 3 heterocycles. The fraction of sp³-hybridized carbons (Fsp3) is 0.435. The van der Waals surface area contributed by atoms with Crippen LogP contribution in [0.2, 0.25) is 5.28 Å². The van der Waals surface area contributed by atoms with Gasteiger partial charge in [0.15, 0.2) is 0 Å². The van der Waals surface area contributed by atoms with Gasteiger partial charge in [-0.25, -0.2) is 9.97 Å². The molecule has 11 nitrogen and oxygen atoms in total. The summed E-state index contributed by atoms with van der Waals surface area (Å²) >= 11 is 6.03. The van der Waals surface area contributed by atoms with Crippen LogP contribution in [0.25, 0.3) is 0 Å². The SMILES string of the molecule is NC1CCC(N(Cc2ccc3c(c2)C(=O)N(C2CCC(=O)NC2=O)C3=O)c2ncnc(Cl)n2)CC1. The molecule has 3 N–H and O–H groups in total. The molecule has 0 radical (unpaired) electrons. The number of amides is 4. The van der Waals surface area contributed by atoms with Crippen LogP contribution in [0.1, 0.15) is 64.8 Å². The first-order chi connectivity index (χ1) is 16.8. The van der Waals surface area contributed by atoms with Gasteiger partial charge in [0.2, 0.25) is 23.0 Å². The molecule has 1 saturated carbocycles. The summed E-state index contributed by atoms with van der Waals surface area (Å²) in [6.45, 7) is 0.382. The van der Waals surface area contributed by atoms with Crippen LogP contribution in [0, 0.1) is 0 Å². The van der Waals surface area contributed by atoms with Gasteiger partial charge in [-0.3, -0.25) is 29.4 Å². The van der Waals surface area contributed by atoms with Crippen LogP contribution >= 0.6 is 11.6 Å². The molecule has 1 saturated heterocycles. The van der Waals surface area contributed by atoms with E-state index in [9.17, 15) is 19.2 Å². The van der Waals surface area contributed by atoms with E-state index in [-0.39, 0.29) is 41.3 Å². The third kappa shape index (κ3) is 4.48. The smallest absolute Gasteiger partial charge is 0.262 e. The summed E-state index contributed by atoms with van der Waals surface area (Å²) in [7, 11) is 0. The summed E-state index contributed by atoms with van der Waals surface area (Å²) in [6, 6.07) is 4.34. The Kier molecular flexibility index (Phi) is 6.20. The lowest BCUT2D eigenvalue weighted by molar-refractivity contribution is -0.136. The number of anilines is 1. The first-order valence-electron chi connectivity index (χ1n) is 11.5. The van der Waals surface area contributed by atoms with Crippen molar-refractivity contribution in [2.24, 2.45) is 5.73 Å². The molecule has 3 aliphatic rings. The molecule has 1 unspecified atom stereocenters. The van der Waals surface area contributed by atoms with Gasteiger partial charge in [-0.1, -0.05) is 6.07 Å². The van der Waals surface area contributed by atoms with E-state index in [1.165, 1.54) is 6.33 Å². The second-order valence-electron chi connectivity index (χ2n) is 9.08. The number of carbonyl (C=O) groups is 4. The average Bonchev–Trinajstić information content (AvgIpc) is 3.08. The van der Waals surface area contributed by atoms with Gasteiger partial charge in [0, 0.05) is 25.0 Å². The summed E-state index contributed by atoms with van der Waals surface area (Å²) in [5.41, 5.74) is 7.34. The minimum atomic E-state index is -1.00. The zero-order valence-electron chi connectivity index (χ0n) is 18.8. The maximum absolute atomic E-state index is 13.2. The van der Waals surface area contributed by atoms with Crippen LogP contribution in [-0.2, 0) is 16.1 Å². The number of halogens is 1. The number of hydrogen-bond acceptors (Lipinski definition) is 9. The number of aromatic nitrogens is 3. The van der Waals surface area contributed by atoms with Crippen LogP contribution in [0.4, 0.5) is 5.95 Å². The van der Waals surface area contributed by atoms with E-state index in [2.05, 4.69) is 20.3 Å². The molecule has 5 rings (SSSR count). The summed E-state index contributed by atoms with van der Waals surface area (Å²) in [5.74, 6) is -1.69. The lowest BCUT2D eigenvalue weighted by Crippen LogP contribution is -2.54. The van der Waals surface area contributed by atoms with Crippen molar-refractivity contribution in [2.45, 2.75) is 63.2 Å². The Balaban J connectivity index is 1.42. The van der Waals surface area contributed by atoms with Gasteiger partial charge < -0.3 is 10.6 Å². The number of carbonyl (C=O) groups excluding carboxylic acids is 4. The molecule has 0 spiro atoms. The summed E-state index contributed by atoms with van der Waals surface area (Å²) in [6.07, 6.45) is 5.00. The summed E-state index contributed by atoms with van der Waals surface area (Å²) in [4.78, 5) is 65.4. The predicted molar refractivity (Wildman–Crippen MR) is 124 cm³/mol. The molecule has 35 heavy (non-hydrogen) atoms. The van der Waals surface area contributed by atoms with E-state index >= 15 is 0 Å². The predicted octanol–water partition coefficient (Wildman–Crippen LogP) is 1.20. The topological polar surface area (TPSA) is 151 Å². The van der Waals surface area contributed by atoms with Gasteiger partial charge in [-0.05, 0) is 61.4 Å². The monoisotopic (exact) mass is 497 g/mol. The van der Waals surface area contributed by atoms with Crippen molar-refractivity contribution in [1.29, 1.82) is 0 Å². The van der Waals surface area contributed by atoms with Crippen molar-refractivity contribution in [2.75, 3.05) is 4.90 Å². The molecular formula is C23H24ClN7O4. The third-order valence-electron chi connectivity index (χ3n) is 6.83. The highest BCUT2D eigenvalue weighted by atomic mass is 35.5. The maximum Gasteiger partial charge on any atom is 0.262 e. The number of nitrogens with two attached hydrogens (primary N) is 1. The summed E-state index contributed by atoms with van der Waals surface area (Å²) < 4.78 is 0. The van der Waals surface area contributed by atoms with Gasteiger partial charge in [0.05, 0.1) is 11.1 Å². The number of benzene rings is 1. The van der Waals surface area contributed by atoms with E-state index in [4.69, 9.17) is 17.3 Å². The largest absolute Gasteiger partial charge is 0.333 e. The first-order valence-corrected chi connectivity index (χ1v) is 11.9. The maximum atomic E-state index is 13.2. The van der Waals surface area contributed by atoms with E-state index < -0.39 is 29.7 Å². The standard InChI is InChI=1S/C23H24ClN7O4/c24-22-26-11-27-23(29-22)30(14-4-2-13(25)3-5-14)10-12-1-6-15-16(9-12)21(35)31(20(15)34)17-7-8-18(32)28-19(17)33/h1,6,9,11,13-14,17H,2-5,7-8,10,25H2,(H,28,32,33). The van der Waals surface area contributed by atoms with E-state index in [1.54, 1.807) is 18.2 Å². The third-order valence-corrected chi connectivity index (χ3v) is 7.01. The Morgan fingerprint density at radius 2 is 1.77 bits per heavy atom. The van der Waals surface area contributed by atoms with Crippen molar-refractivity contribution < 1.29 is 19.2 Å². The highest BCUT2D eigenvalue weighted by molar-refractivity contribution is 6.28.